The number of carbonyl (C=O) groups excluding carboxylic acids is 2. The fourth-order valence-electron chi connectivity index (χ4n) is 3.95. The monoisotopic (exact) mass is 425 g/mol. The number of amides is 2. The molecule has 0 spiro atoms. The first-order valence-electron chi connectivity index (χ1n) is 9.85. The van der Waals surface area contributed by atoms with Crippen molar-refractivity contribution in [3.63, 3.8) is 0 Å². The zero-order chi connectivity index (χ0) is 21.5. The minimum Gasteiger partial charge on any atom is -0.351 e. The molecule has 2 unspecified atom stereocenters. The number of aromatic amines is 1. The number of rotatable bonds is 5. The number of nitrogens with zero attached hydrogens (tertiary/aromatic N) is 1. The summed E-state index contributed by atoms with van der Waals surface area (Å²) in [7, 11) is 0. The van der Waals surface area contributed by atoms with Crippen molar-refractivity contribution >= 4 is 34.8 Å². The van der Waals surface area contributed by atoms with Gasteiger partial charge in [0.2, 0.25) is 6.41 Å². The number of benzene rings is 2. The average molecular weight is 426 g/mol. The lowest BCUT2D eigenvalue weighted by atomic mass is 10.1. The van der Waals surface area contributed by atoms with Crippen molar-refractivity contribution in [3.8, 4) is 0 Å². The topological polar surface area (TPSA) is 74.4 Å². The molecule has 1 aliphatic rings. The van der Waals surface area contributed by atoms with Crippen LogP contribution in [0.2, 0.25) is 5.02 Å². The largest absolute Gasteiger partial charge is 0.351 e. The van der Waals surface area contributed by atoms with E-state index in [2.05, 4.69) is 10.3 Å². The van der Waals surface area contributed by atoms with Crippen LogP contribution in [0.4, 0.5) is 0 Å². The molecule has 7 heteroatoms. The number of carbonyl (C=O) groups is 2. The van der Waals surface area contributed by atoms with Gasteiger partial charge in [-0.15, -0.1) is 0 Å². The van der Waals surface area contributed by atoms with Crippen LogP contribution in [-0.2, 0) is 16.1 Å². The Bertz CT molecular complexity index is 1100. The van der Waals surface area contributed by atoms with Crippen LogP contribution >= 0.6 is 11.6 Å². The molecule has 1 aliphatic carbocycles. The molecule has 0 aliphatic heterocycles. The van der Waals surface area contributed by atoms with Crippen molar-refractivity contribution in [2.24, 2.45) is 0 Å². The number of halogens is 1. The van der Waals surface area contributed by atoms with E-state index >= 15 is 0 Å². The third-order valence-electron chi connectivity index (χ3n) is 5.10. The molecule has 2 amide bonds. The summed E-state index contributed by atoms with van der Waals surface area (Å²) < 4.78 is 0. The summed E-state index contributed by atoms with van der Waals surface area (Å²) in [6.07, 6.45) is 1.29. The normalized spacial score (nSPS) is 18.3. The maximum Gasteiger partial charge on any atom is 0.268 e. The molecular formula is C23H24ClN3O3. The molecule has 0 bridgehead atoms. The van der Waals surface area contributed by atoms with Gasteiger partial charge in [0, 0.05) is 15.9 Å². The molecule has 2 atom stereocenters. The fourth-order valence-corrected chi connectivity index (χ4v) is 4.13. The van der Waals surface area contributed by atoms with Gasteiger partial charge in [0.15, 0.2) is 0 Å². The van der Waals surface area contributed by atoms with Crippen LogP contribution in [0.5, 0.6) is 0 Å². The molecule has 0 saturated heterocycles. The van der Waals surface area contributed by atoms with E-state index in [1.165, 1.54) is 5.06 Å². The predicted octanol–water partition coefficient (Wildman–Crippen LogP) is 4.41. The first kappa shape index (κ1) is 20.4. The summed E-state index contributed by atoms with van der Waals surface area (Å²) in [5, 5.41) is 5.88. The van der Waals surface area contributed by atoms with Crippen LogP contribution in [-0.4, -0.2) is 34.0 Å². The molecule has 1 aromatic heterocycles. The molecule has 4 rings (SSSR count). The van der Waals surface area contributed by atoms with E-state index < -0.39 is 11.6 Å². The van der Waals surface area contributed by atoms with E-state index in [4.69, 9.17) is 16.4 Å². The highest BCUT2D eigenvalue weighted by Crippen LogP contribution is 2.37. The Balaban J connectivity index is 1.62. The summed E-state index contributed by atoms with van der Waals surface area (Å²) in [6.45, 7) is 5.65. The van der Waals surface area contributed by atoms with Crippen molar-refractivity contribution in [2.45, 2.75) is 44.9 Å². The van der Waals surface area contributed by atoms with Gasteiger partial charge in [0.1, 0.15) is 11.7 Å². The van der Waals surface area contributed by atoms with Crippen molar-refractivity contribution < 1.29 is 14.4 Å². The van der Waals surface area contributed by atoms with Crippen LogP contribution in [0, 0.1) is 0 Å². The molecule has 6 nitrogen and oxygen atoms in total. The molecular weight excluding hydrogens is 402 g/mol. The smallest absolute Gasteiger partial charge is 0.268 e. The molecule has 0 radical (unpaired) electrons. The Labute approximate surface area is 180 Å². The third kappa shape index (κ3) is 4.06. The lowest BCUT2D eigenvalue weighted by molar-refractivity contribution is -0.235. The first-order valence-corrected chi connectivity index (χ1v) is 10.2. The zero-order valence-corrected chi connectivity index (χ0v) is 17.9. The first-order chi connectivity index (χ1) is 14.2. The summed E-state index contributed by atoms with van der Waals surface area (Å²) in [5.74, 6) is -0.244. The number of hydrogen-bond donors (Lipinski definition) is 2. The number of fused-ring (bicyclic) bond motifs is 2. The van der Waals surface area contributed by atoms with Gasteiger partial charge >= 0.3 is 0 Å². The van der Waals surface area contributed by atoms with Gasteiger partial charge in [-0.25, -0.2) is 5.06 Å². The SMILES string of the molecule is CC(C)(C)ON(C=O)C1c2ccccc2CC1NC(=O)c1cc2cc(Cl)ccc2[nH]1. The summed E-state index contributed by atoms with van der Waals surface area (Å²) in [5.41, 5.74) is 2.78. The Hall–Kier alpha value is -2.83. The maximum absolute atomic E-state index is 13.0. The van der Waals surface area contributed by atoms with E-state index in [1.807, 2.05) is 57.2 Å². The molecule has 30 heavy (non-hydrogen) atoms. The van der Waals surface area contributed by atoms with E-state index in [9.17, 15) is 9.59 Å². The van der Waals surface area contributed by atoms with Gasteiger partial charge in [-0.3, -0.25) is 14.4 Å². The summed E-state index contributed by atoms with van der Waals surface area (Å²) >= 11 is 6.05. The van der Waals surface area contributed by atoms with E-state index in [1.54, 1.807) is 12.1 Å². The predicted molar refractivity (Wildman–Crippen MR) is 116 cm³/mol. The zero-order valence-electron chi connectivity index (χ0n) is 17.1. The van der Waals surface area contributed by atoms with Crippen LogP contribution in [0.25, 0.3) is 10.9 Å². The molecule has 0 saturated carbocycles. The molecule has 0 fully saturated rings. The summed E-state index contributed by atoms with van der Waals surface area (Å²) in [4.78, 5) is 34.0. The fraction of sp³-hybridized carbons (Fsp3) is 0.304. The van der Waals surface area contributed by atoms with Gasteiger partial charge in [-0.2, -0.15) is 0 Å². The van der Waals surface area contributed by atoms with Crippen molar-refractivity contribution in [1.29, 1.82) is 0 Å². The summed E-state index contributed by atoms with van der Waals surface area (Å²) in [6, 6.07) is 14.3. The second-order valence-electron chi connectivity index (χ2n) is 8.51. The minimum absolute atomic E-state index is 0.244. The van der Waals surface area contributed by atoms with E-state index in [0.29, 0.717) is 23.5 Å². The Morgan fingerprint density at radius 1 is 1.23 bits per heavy atom. The second kappa shape index (κ2) is 7.78. The number of H-pyrrole nitrogens is 1. The van der Waals surface area contributed by atoms with Crippen LogP contribution in [0.1, 0.15) is 48.4 Å². The number of aromatic nitrogens is 1. The highest BCUT2D eigenvalue weighted by Gasteiger charge is 2.39. The van der Waals surface area contributed by atoms with Gasteiger partial charge in [0.05, 0.1) is 11.6 Å². The van der Waals surface area contributed by atoms with E-state index in [0.717, 1.165) is 22.0 Å². The van der Waals surface area contributed by atoms with E-state index in [-0.39, 0.29) is 11.9 Å². The second-order valence-corrected chi connectivity index (χ2v) is 8.95. The number of hydroxylamine groups is 2. The molecule has 2 aromatic carbocycles. The Morgan fingerprint density at radius 3 is 2.73 bits per heavy atom. The number of hydrogen-bond acceptors (Lipinski definition) is 3. The standard InChI is InChI=1S/C23H24ClN3O3/c1-23(2,3)30-27(13-28)21-17-7-5-4-6-14(17)11-19(21)26-22(29)20-12-15-10-16(24)8-9-18(15)25-20/h4-10,12-13,19,21,25H,11H2,1-3H3,(H,26,29). The molecule has 3 aromatic rings. The Morgan fingerprint density at radius 2 is 2.00 bits per heavy atom. The minimum atomic E-state index is -0.552. The van der Waals surface area contributed by atoms with Crippen LogP contribution < -0.4 is 5.32 Å². The third-order valence-corrected chi connectivity index (χ3v) is 5.33. The lowest BCUT2D eigenvalue weighted by Gasteiger charge is -2.34. The van der Waals surface area contributed by atoms with Gasteiger partial charge in [0.25, 0.3) is 5.91 Å². The molecule has 156 valence electrons. The molecule has 2 N–H and O–H groups in total. The average Bonchev–Trinajstić information content (AvgIpc) is 3.26. The lowest BCUT2D eigenvalue weighted by Crippen LogP contribution is -2.46. The number of nitrogens with one attached hydrogen (secondary N) is 2. The maximum atomic E-state index is 13.0. The van der Waals surface area contributed by atoms with Crippen molar-refractivity contribution in [2.75, 3.05) is 0 Å². The van der Waals surface area contributed by atoms with Crippen molar-refractivity contribution in [3.05, 3.63) is 70.4 Å². The van der Waals surface area contributed by atoms with Gasteiger partial charge in [-0.1, -0.05) is 35.9 Å². The highest BCUT2D eigenvalue weighted by atomic mass is 35.5. The quantitative estimate of drug-likeness (QED) is 0.469. The molecule has 1 heterocycles. The Kier molecular flexibility index (Phi) is 5.30. The van der Waals surface area contributed by atoms with Gasteiger partial charge in [-0.05, 0) is 62.6 Å². The van der Waals surface area contributed by atoms with Gasteiger partial charge < -0.3 is 10.3 Å². The van der Waals surface area contributed by atoms with Crippen LogP contribution in [0.3, 0.4) is 0 Å². The van der Waals surface area contributed by atoms with Crippen LogP contribution in [0.15, 0.2) is 48.5 Å². The van der Waals surface area contributed by atoms with Crippen molar-refractivity contribution in [1.82, 2.24) is 15.4 Å². The highest BCUT2D eigenvalue weighted by molar-refractivity contribution is 6.31.